The van der Waals surface area contributed by atoms with Gasteiger partial charge in [-0.25, -0.2) is 0 Å². The van der Waals surface area contributed by atoms with E-state index in [0.29, 0.717) is 13.0 Å². The van der Waals surface area contributed by atoms with E-state index in [-0.39, 0.29) is 18.0 Å². The predicted molar refractivity (Wildman–Crippen MR) is 116 cm³/mol. The van der Waals surface area contributed by atoms with Crippen molar-refractivity contribution >= 4 is 16.8 Å². The number of para-hydroxylation sites is 1. The van der Waals surface area contributed by atoms with Crippen LogP contribution < -0.4 is 10.6 Å². The van der Waals surface area contributed by atoms with Gasteiger partial charge >= 0.3 is 0 Å². The molecule has 1 aliphatic rings. The largest absolute Gasteiger partial charge is 0.357 e. The molecule has 1 amide bonds. The first kappa shape index (κ1) is 17.7. The molecule has 0 saturated heterocycles. The molecule has 4 nitrogen and oxygen atoms in total. The second-order valence-corrected chi connectivity index (χ2v) is 7.53. The molecule has 0 fully saturated rings. The zero-order valence-electron chi connectivity index (χ0n) is 16.1. The Morgan fingerprint density at radius 1 is 0.862 bits per heavy atom. The summed E-state index contributed by atoms with van der Waals surface area (Å²) < 4.78 is 0. The Morgan fingerprint density at radius 3 is 2.17 bits per heavy atom. The van der Waals surface area contributed by atoms with Gasteiger partial charge in [-0.05, 0) is 29.2 Å². The van der Waals surface area contributed by atoms with E-state index < -0.39 is 0 Å². The third-order valence-electron chi connectivity index (χ3n) is 5.70. The van der Waals surface area contributed by atoms with Gasteiger partial charge in [-0.15, -0.1) is 0 Å². The van der Waals surface area contributed by atoms with E-state index in [4.69, 9.17) is 0 Å². The summed E-state index contributed by atoms with van der Waals surface area (Å²) in [7, 11) is 0. The van der Waals surface area contributed by atoms with Crippen molar-refractivity contribution in [3.8, 4) is 0 Å². The molecule has 0 bridgehead atoms. The number of carbonyl (C=O) groups is 1. The van der Waals surface area contributed by atoms with Crippen LogP contribution >= 0.6 is 0 Å². The molecule has 0 saturated carbocycles. The molecule has 1 aliphatic heterocycles. The number of fused-ring (bicyclic) bond motifs is 3. The maximum Gasteiger partial charge on any atom is 0.238 e. The van der Waals surface area contributed by atoms with Gasteiger partial charge in [0.15, 0.2) is 0 Å². The fourth-order valence-corrected chi connectivity index (χ4v) is 4.22. The Hall–Kier alpha value is -3.37. The highest BCUT2D eigenvalue weighted by Gasteiger charge is 2.28. The van der Waals surface area contributed by atoms with Crippen LogP contribution in [0.3, 0.4) is 0 Å². The van der Waals surface area contributed by atoms with Gasteiger partial charge < -0.3 is 10.3 Å². The highest BCUT2D eigenvalue weighted by Crippen LogP contribution is 2.27. The summed E-state index contributed by atoms with van der Waals surface area (Å²) in [6, 6.07) is 28.1. The minimum atomic E-state index is -0.253. The van der Waals surface area contributed by atoms with Crippen LogP contribution in [0.2, 0.25) is 0 Å². The third-order valence-corrected chi connectivity index (χ3v) is 5.70. The standard InChI is InChI=1S/C25H23N3O/c29-25(22-15-20-19-13-7-8-14-21(19)27-23(20)16-26-22)28-24(17-9-3-1-4-10-17)18-11-5-2-6-12-18/h1-14,22,24,26-27H,15-16H2,(H,28,29). The fraction of sp³-hybridized carbons (Fsp3) is 0.160. The number of carbonyl (C=O) groups excluding carboxylic acids is 1. The van der Waals surface area contributed by atoms with Crippen molar-refractivity contribution in [3.05, 3.63) is 107 Å². The van der Waals surface area contributed by atoms with E-state index in [0.717, 1.165) is 16.6 Å². The highest BCUT2D eigenvalue weighted by atomic mass is 16.2. The van der Waals surface area contributed by atoms with Crippen LogP contribution in [0.25, 0.3) is 10.9 Å². The minimum absolute atomic E-state index is 0.0265. The Kier molecular flexibility index (Phi) is 4.62. The SMILES string of the molecule is O=C(NC(c1ccccc1)c1ccccc1)C1Cc2c([nH]c3ccccc23)CN1. The second kappa shape index (κ2) is 7.57. The van der Waals surface area contributed by atoms with Crippen molar-refractivity contribution in [3.63, 3.8) is 0 Å². The van der Waals surface area contributed by atoms with Gasteiger partial charge in [-0.3, -0.25) is 10.1 Å². The number of amides is 1. The van der Waals surface area contributed by atoms with Gasteiger partial charge in [0.2, 0.25) is 5.91 Å². The minimum Gasteiger partial charge on any atom is -0.357 e. The summed E-state index contributed by atoms with van der Waals surface area (Å²) in [4.78, 5) is 16.7. The monoisotopic (exact) mass is 381 g/mol. The Balaban J connectivity index is 1.41. The molecule has 0 radical (unpaired) electrons. The summed E-state index contributed by atoms with van der Waals surface area (Å²) in [5.41, 5.74) is 5.71. The van der Waals surface area contributed by atoms with Crippen molar-refractivity contribution in [2.24, 2.45) is 0 Å². The summed E-state index contributed by atoms with van der Waals surface area (Å²) in [6.45, 7) is 0.670. The lowest BCUT2D eigenvalue weighted by Crippen LogP contribution is -2.48. The molecule has 4 heteroatoms. The number of rotatable bonds is 4. The molecule has 0 aliphatic carbocycles. The van der Waals surface area contributed by atoms with Crippen LogP contribution in [0, 0.1) is 0 Å². The van der Waals surface area contributed by atoms with Crippen LogP contribution in [0.4, 0.5) is 0 Å². The average Bonchev–Trinajstić information content (AvgIpc) is 3.16. The van der Waals surface area contributed by atoms with E-state index in [1.54, 1.807) is 0 Å². The molecule has 3 N–H and O–H groups in total. The fourth-order valence-electron chi connectivity index (χ4n) is 4.22. The van der Waals surface area contributed by atoms with Gasteiger partial charge in [0.25, 0.3) is 0 Å². The smallest absolute Gasteiger partial charge is 0.238 e. The number of hydrogen-bond acceptors (Lipinski definition) is 2. The van der Waals surface area contributed by atoms with E-state index in [2.05, 4.69) is 58.1 Å². The van der Waals surface area contributed by atoms with Crippen molar-refractivity contribution < 1.29 is 4.79 Å². The second-order valence-electron chi connectivity index (χ2n) is 7.53. The summed E-state index contributed by atoms with van der Waals surface area (Å²) >= 11 is 0. The molecule has 144 valence electrons. The highest BCUT2D eigenvalue weighted by molar-refractivity contribution is 5.88. The Labute approximate surface area is 170 Å². The molecular formula is C25H23N3O. The van der Waals surface area contributed by atoms with Crippen molar-refractivity contribution in [1.29, 1.82) is 0 Å². The molecule has 4 aromatic rings. The van der Waals surface area contributed by atoms with Crippen LogP contribution in [0.15, 0.2) is 84.9 Å². The predicted octanol–water partition coefficient (Wildman–Crippen LogP) is 4.09. The van der Waals surface area contributed by atoms with E-state index in [9.17, 15) is 4.79 Å². The lowest BCUT2D eigenvalue weighted by atomic mass is 9.95. The number of nitrogens with one attached hydrogen (secondary N) is 3. The molecule has 0 spiro atoms. The molecule has 1 unspecified atom stereocenters. The van der Waals surface area contributed by atoms with Crippen molar-refractivity contribution in [2.75, 3.05) is 0 Å². The number of benzene rings is 3. The van der Waals surface area contributed by atoms with Crippen LogP contribution in [-0.2, 0) is 17.8 Å². The Morgan fingerprint density at radius 2 is 1.48 bits per heavy atom. The first-order valence-corrected chi connectivity index (χ1v) is 10.0. The summed E-state index contributed by atoms with van der Waals surface area (Å²) in [6.07, 6.45) is 0.682. The third kappa shape index (κ3) is 3.43. The molecule has 1 aromatic heterocycles. The first-order valence-electron chi connectivity index (χ1n) is 10.0. The number of H-pyrrole nitrogens is 1. The van der Waals surface area contributed by atoms with Gasteiger partial charge in [-0.2, -0.15) is 0 Å². The topological polar surface area (TPSA) is 56.9 Å². The van der Waals surface area contributed by atoms with E-state index in [1.807, 2.05) is 42.5 Å². The quantitative estimate of drug-likeness (QED) is 0.499. The number of hydrogen-bond donors (Lipinski definition) is 3. The average molecular weight is 381 g/mol. The molecule has 1 atom stereocenters. The van der Waals surface area contributed by atoms with Crippen LogP contribution in [0.1, 0.15) is 28.4 Å². The van der Waals surface area contributed by atoms with Crippen molar-refractivity contribution in [1.82, 2.24) is 15.6 Å². The zero-order chi connectivity index (χ0) is 19.6. The van der Waals surface area contributed by atoms with Gasteiger partial charge in [0.1, 0.15) is 0 Å². The normalized spacial score (nSPS) is 16.0. The summed E-state index contributed by atoms with van der Waals surface area (Å²) in [5, 5.41) is 7.89. The maximum atomic E-state index is 13.2. The molecule has 29 heavy (non-hydrogen) atoms. The molecule has 5 rings (SSSR count). The molecule has 2 heterocycles. The van der Waals surface area contributed by atoms with Crippen LogP contribution in [-0.4, -0.2) is 16.9 Å². The van der Waals surface area contributed by atoms with Gasteiger partial charge in [0, 0.05) is 23.1 Å². The van der Waals surface area contributed by atoms with E-state index >= 15 is 0 Å². The van der Waals surface area contributed by atoms with Gasteiger partial charge in [0.05, 0.1) is 12.1 Å². The Bertz CT molecular complexity index is 1100. The van der Waals surface area contributed by atoms with Gasteiger partial charge in [-0.1, -0.05) is 78.9 Å². The lowest BCUT2D eigenvalue weighted by Gasteiger charge is -2.27. The first-order chi connectivity index (χ1) is 14.3. The number of aromatic nitrogens is 1. The molecule has 3 aromatic carbocycles. The zero-order valence-corrected chi connectivity index (χ0v) is 16.1. The van der Waals surface area contributed by atoms with E-state index in [1.165, 1.54) is 16.6 Å². The molecular weight excluding hydrogens is 358 g/mol. The number of aromatic amines is 1. The summed E-state index contributed by atoms with van der Waals surface area (Å²) in [5.74, 6) is 0.0265. The van der Waals surface area contributed by atoms with Crippen molar-refractivity contribution in [2.45, 2.75) is 25.0 Å². The lowest BCUT2D eigenvalue weighted by molar-refractivity contribution is -0.123. The van der Waals surface area contributed by atoms with Crippen LogP contribution in [0.5, 0.6) is 0 Å². The maximum absolute atomic E-state index is 13.2.